The van der Waals surface area contributed by atoms with E-state index in [2.05, 4.69) is 22.4 Å². The maximum Gasteiger partial charge on any atom is 0.105 e. The molecule has 0 saturated heterocycles. The van der Waals surface area contributed by atoms with Gasteiger partial charge >= 0.3 is 0 Å². The number of aromatic nitrogens is 3. The van der Waals surface area contributed by atoms with Crippen LogP contribution >= 0.6 is 0 Å². The Morgan fingerprint density at radius 2 is 2.10 bits per heavy atom. The molecule has 21 heavy (non-hydrogen) atoms. The Morgan fingerprint density at radius 3 is 2.81 bits per heavy atom. The molecule has 1 atom stereocenters. The molecule has 0 aliphatic carbocycles. The Balaban J connectivity index is 1.88. The molecule has 5 nitrogen and oxygen atoms in total. The van der Waals surface area contributed by atoms with E-state index in [1.807, 2.05) is 36.4 Å². The molecule has 108 valence electrons. The second kappa shape index (κ2) is 6.37. The molecule has 0 radical (unpaired) electrons. The summed E-state index contributed by atoms with van der Waals surface area (Å²) >= 11 is 0. The lowest BCUT2D eigenvalue weighted by Gasteiger charge is -2.13. The summed E-state index contributed by atoms with van der Waals surface area (Å²) in [5.74, 6) is 0. The number of nitrogens with zero attached hydrogens (tertiary/aromatic N) is 3. The zero-order valence-corrected chi connectivity index (χ0v) is 11.9. The van der Waals surface area contributed by atoms with Crippen molar-refractivity contribution in [1.29, 1.82) is 0 Å². The Labute approximate surface area is 123 Å². The van der Waals surface area contributed by atoms with E-state index in [9.17, 15) is 0 Å². The van der Waals surface area contributed by atoms with E-state index in [0.29, 0.717) is 0 Å². The van der Waals surface area contributed by atoms with Crippen LogP contribution in [0.25, 0.3) is 5.69 Å². The molecule has 1 N–H and O–H groups in total. The van der Waals surface area contributed by atoms with Crippen molar-refractivity contribution in [3.63, 3.8) is 0 Å². The number of rotatable bonds is 6. The molecule has 0 spiro atoms. The monoisotopic (exact) mass is 282 g/mol. The van der Waals surface area contributed by atoms with Gasteiger partial charge in [0.2, 0.25) is 0 Å². The van der Waals surface area contributed by atoms with Gasteiger partial charge in [0.05, 0.1) is 30.5 Å². The molecular weight excluding hydrogens is 264 g/mol. The maximum atomic E-state index is 5.19. The van der Waals surface area contributed by atoms with Crippen LogP contribution in [0.4, 0.5) is 0 Å². The Morgan fingerprint density at radius 1 is 1.24 bits per heavy atom. The predicted molar refractivity (Wildman–Crippen MR) is 80.2 cm³/mol. The molecule has 2 aromatic heterocycles. The van der Waals surface area contributed by atoms with Gasteiger partial charge in [-0.25, -0.2) is 0 Å². The largest absolute Gasteiger partial charge is 0.472 e. The van der Waals surface area contributed by atoms with Gasteiger partial charge < -0.3 is 9.73 Å². The Kier molecular flexibility index (Phi) is 4.12. The van der Waals surface area contributed by atoms with Crippen LogP contribution in [0, 0.1) is 0 Å². The van der Waals surface area contributed by atoms with Crippen LogP contribution in [0.5, 0.6) is 0 Å². The number of hydrogen-bond donors (Lipinski definition) is 1. The summed E-state index contributed by atoms with van der Waals surface area (Å²) in [7, 11) is 0. The normalized spacial score (nSPS) is 12.4. The first kappa shape index (κ1) is 13.6. The minimum atomic E-state index is 0.00108. The minimum Gasteiger partial charge on any atom is -0.472 e. The molecular formula is C16H18N4O. The van der Waals surface area contributed by atoms with E-state index in [1.165, 1.54) is 0 Å². The first-order valence-electron chi connectivity index (χ1n) is 7.11. The third-order valence-electron chi connectivity index (χ3n) is 3.27. The van der Waals surface area contributed by atoms with Crippen molar-refractivity contribution in [3.05, 3.63) is 66.4 Å². The third kappa shape index (κ3) is 3.03. The second-order valence-electron chi connectivity index (χ2n) is 4.84. The highest BCUT2D eigenvalue weighted by molar-refractivity contribution is 5.29. The van der Waals surface area contributed by atoms with Crippen LogP contribution in [0.2, 0.25) is 0 Å². The number of furan rings is 1. The first-order valence-corrected chi connectivity index (χ1v) is 7.11. The van der Waals surface area contributed by atoms with Crippen LogP contribution in [0.3, 0.4) is 0 Å². The summed E-state index contributed by atoms with van der Waals surface area (Å²) in [6.07, 6.45) is 6.28. The fourth-order valence-corrected chi connectivity index (χ4v) is 2.21. The van der Waals surface area contributed by atoms with Crippen molar-refractivity contribution >= 4 is 0 Å². The van der Waals surface area contributed by atoms with Gasteiger partial charge in [-0.2, -0.15) is 15.0 Å². The lowest BCUT2D eigenvalue weighted by molar-refractivity contribution is 0.542. The summed E-state index contributed by atoms with van der Waals surface area (Å²) in [5, 5.41) is 12.4. The zero-order valence-electron chi connectivity index (χ0n) is 11.9. The smallest absolute Gasteiger partial charge is 0.105 e. The molecule has 0 amide bonds. The van der Waals surface area contributed by atoms with Gasteiger partial charge in [-0.05, 0) is 31.2 Å². The molecule has 2 heterocycles. The first-order chi connectivity index (χ1) is 10.4. The molecule has 0 aliphatic rings. The van der Waals surface area contributed by atoms with E-state index in [1.54, 1.807) is 23.5 Å². The van der Waals surface area contributed by atoms with Gasteiger partial charge in [-0.1, -0.05) is 25.1 Å². The van der Waals surface area contributed by atoms with E-state index < -0.39 is 0 Å². The van der Waals surface area contributed by atoms with Crippen molar-refractivity contribution in [2.45, 2.75) is 19.4 Å². The zero-order chi connectivity index (χ0) is 14.5. The van der Waals surface area contributed by atoms with Gasteiger partial charge in [0.25, 0.3) is 0 Å². The van der Waals surface area contributed by atoms with Crippen LogP contribution in [-0.4, -0.2) is 21.5 Å². The molecule has 5 heteroatoms. The second-order valence-corrected chi connectivity index (χ2v) is 4.84. The maximum absolute atomic E-state index is 5.19. The van der Waals surface area contributed by atoms with Gasteiger partial charge in [0.1, 0.15) is 5.69 Å². The number of nitrogens with one attached hydrogen (secondary N) is 1. The van der Waals surface area contributed by atoms with Gasteiger partial charge in [-0.3, -0.25) is 0 Å². The molecule has 3 rings (SSSR count). The topological polar surface area (TPSA) is 55.9 Å². The molecule has 0 bridgehead atoms. The van der Waals surface area contributed by atoms with E-state index in [-0.39, 0.29) is 6.04 Å². The van der Waals surface area contributed by atoms with E-state index >= 15 is 0 Å². The number of benzene rings is 1. The Bertz CT molecular complexity index is 661. The van der Waals surface area contributed by atoms with Crippen LogP contribution in [0.15, 0.2) is 59.5 Å². The minimum absolute atomic E-state index is 0.00108. The summed E-state index contributed by atoms with van der Waals surface area (Å²) in [6.45, 7) is 3.05. The van der Waals surface area contributed by atoms with Crippen molar-refractivity contribution in [3.8, 4) is 5.69 Å². The molecule has 0 saturated carbocycles. The average molecular weight is 282 g/mol. The third-order valence-corrected chi connectivity index (χ3v) is 3.27. The lowest BCUT2D eigenvalue weighted by Crippen LogP contribution is -2.23. The lowest BCUT2D eigenvalue weighted by atomic mass is 10.1. The Hall–Kier alpha value is -2.40. The van der Waals surface area contributed by atoms with Gasteiger partial charge in [-0.15, -0.1) is 0 Å². The van der Waals surface area contributed by atoms with Crippen molar-refractivity contribution in [2.75, 3.05) is 6.54 Å². The van der Waals surface area contributed by atoms with Crippen molar-refractivity contribution in [1.82, 2.24) is 20.3 Å². The molecule has 0 fully saturated rings. The van der Waals surface area contributed by atoms with Crippen LogP contribution in [-0.2, 0) is 0 Å². The summed E-state index contributed by atoms with van der Waals surface area (Å²) in [4.78, 5) is 1.65. The fraction of sp³-hybridized carbons (Fsp3) is 0.250. The van der Waals surface area contributed by atoms with Gasteiger partial charge in [0.15, 0.2) is 0 Å². The fourth-order valence-electron chi connectivity index (χ4n) is 2.21. The highest BCUT2D eigenvalue weighted by Crippen LogP contribution is 2.20. The summed E-state index contributed by atoms with van der Waals surface area (Å²) < 4.78 is 5.19. The average Bonchev–Trinajstić information content (AvgIpc) is 3.21. The molecule has 1 unspecified atom stereocenters. The highest BCUT2D eigenvalue weighted by Gasteiger charge is 2.18. The van der Waals surface area contributed by atoms with Crippen molar-refractivity contribution in [2.24, 2.45) is 0 Å². The van der Waals surface area contributed by atoms with E-state index in [4.69, 9.17) is 4.42 Å². The summed E-state index contributed by atoms with van der Waals surface area (Å²) in [6, 6.07) is 11.8. The van der Waals surface area contributed by atoms with Crippen LogP contribution < -0.4 is 5.32 Å². The SMILES string of the molecule is CCCNC(c1ccoc1)c1cnn(-c2ccccc2)n1. The van der Waals surface area contributed by atoms with Crippen molar-refractivity contribution < 1.29 is 4.42 Å². The van der Waals surface area contributed by atoms with Crippen LogP contribution in [0.1, 0.15) is 30.6 Å². The molecule has 0 aliphatic heterocycles. The standard InChI is InChI=1S/C16H18N4O/c1-2-9-17-16(13-8-10-21-12-13)15-11-18-20(19-15)14-6-4-3-5-7-14/h3-8,10-12,16-17H,2,9H2,1H3. The molecule has 1 aromatic carbocycles. The highest BCUT2D eigenvalue weighted by atomic mass is 16.3. The summed E-state index contributed by atoms with van der Waals surface area (Å²) in [5.41, 5.74) is 2.89. The number of hydrogen-bond acceptors (Lipinski definition) is 4. The van der Waals surface area contributed by atoms with E-state index in [0.717, 1.165) is 29.9 Å². The molecule has 3 aromatic rings. The predicted octanol–water partition coefficient (Wildman–Crippen LogP) is 2.95. The number of para-hydroxylation sites is 1. The quantitative estimate of drug-likeness (QED) is 0.755. The van der Waals surface area contributed by atoms with Gasteiger partial charge in [0, 0.05) is 5.56 Å².